The predicted molar refractivity (Wildman–Crippen MR) is 92.4 cm³/mol. The fraction of sp³-hybridized carbons (Fsp3) is 0.389. The highest BCUT2D eigenvalue weighted by Crippen LogP contribution is 2.60. The zero-order chi connectivity index (χ0) is 18.1. The lowest BCUT2D eigenvalue weighted by Crippen LogP contribution is -2.18. The lowest BCUT2D eigenvalue weighted by Gasteiger charge is -2.02. The van der Waals surface area contributed by atoms with E-state index in [1.807, 2.05) is 13.8 Å². The minimum Gasteiger partial charge on any atom is -0.393 e. The van der Waals surface area contributed by atoms with Gasteiger partial charge in [0.15, 0.2) is 0 Å². The molecule has 4 nitrogen and oxygen atoms in total. The Morgan fingerprint density at radius 1 is 1.21 bits per heavy atom. The molecule has 0 aliphatic heterocycles. The fourth-order valence-electron chi connectivity index (χ4n) is 2.72. The molecule has 2 atom stereocenters. The van der Waals surface area contributed by atoms with Gasteiger partial charge in [-0.15, -0.1) is 0 Å². The minimum atomic E-state index is -0.818. The number of allylic oxidation sites excluding steroid dienone is 1. The first kappa shape index (κ1) is 18.7. The summed E-state index contributed by atoms with van der Waals surface area (Å²) in [6.07, 6.45) is 1.40. The van der Waals surface area contributed by atoms with Gasteiger partial charge in [0, 0.05) is 10.1 Å². The van der Waals surface area contributed by atoms with E-state index in [9.17, 15) is 14.4 Å². The maximum Gasteiger partial charge on any atom is 0.320 e. The van der Waals surface area contributed by atoms with Gasteiger partial charge in [-0.05, 0) is 36.0 Å². The molecule has 6 heteroatoms. The maximum atomic E-state index is 12.1. The number of carbonyl (C=O) groups is 3. The summed E-state index contributed by atoms with van der Waals surface area (Å²) in [5.41, 5.74) is 0.434. The largest absolute Gasteiger partial charge is 0.393 e. The van der Waals surface area contributed by atoms with Crippen molar-refractivity contribution in [2.45, 2.75) is 27.2 Å². The van der Waals surface area contributed by atoms with Crippen molar-refractivity contribution in [2.75, 3.05) is 0 Å². The molecule has 1 aliphatic rings. The van der Waals surface area contributed by atoms with Crippen LogP contribution in [0.3, 0.4) is 0 Å². The number of ketones is 1. The molecule has 2 unspecified atom stereocenters. The molecular weight excluding hydrogens is 351 g/mol. The van der Waals surface area contributed by atoms with Gasteiger partial charge in [-0.1, -0.05) is 55.3 Å². The Hall–Kier alpha value is -1.65. The third-order valence-corrected chi connectivity index (χ3v) is 4.81. The summed E-state index contributed by atoms with van der Waals surface area (Å²) in [5, 5.41) is 1.12. The fourth-order valence-corrected chi connectivity index (χ4v) is 3.10. The zero-order valence-electron chi connectivity index (χ0n) is 13.6. The van der Waals surface area contributed by atoms with E-state index in [0.29, 0.717) is 10.1 Å². The first-order valence-electron chi connectivity index (χ1n) is 7.50. The van der Waals surface area contributed by atoms with Crippen molar-refractivity contribution < 1.29 is 19.1 Å². The van der Waals surface area contributed by atoms with Crippen LogP contribution in [0.2, 0.25) is 5.02 Å². The summed E-state index contributed by atoms with van der Waals surface area (Å²) in [6, 6.07) is 7.05. The molecule has 0 heterocycles. The molecule has 0 amide bonds. The van der Waals surface area contributed by atoms with Gasteiger partial charge in [-0.2, -0.15) is 0 Å². The van der Waals surface area contributed by atoms with Crippen molar-refractivity contribution in [1.29, 1.82) is 0 Å². The van der Waals surface area contributed by atoms with E-state index >= 15 is 0 Å². The molecule has 1 aliphatic carbocycles. The number of benzene rings is 1. The molecule has 128 valence electrons. The highest BCUT2D eigenvalue weighted by molar-refractivity contribution is 6.48. The van der Waals surface area contributed by atoms with Gasteiger partial charge in [0.25, 0.3) is 0 Å². The molecule has 0 saturated heterocycles. The lowest BCUT2D eigenvalue weighted by molar-refractivity contribution is -0.161. The van der Waals surface area contributed by atoms with Crippen LogP contribution >= 0.6 is 23.2 Å². The van der Waals surface area contributed by atoms with Crippen molar-refractivity contribution in [2.24, 2.45) is 17.3 Å². The summed E-state index contributed by atoms with van der Waals surface area (Å²) in [6.45, 7) is 5.08. The zero-order valence-corrected chi connectivity index (χ0v) is 15.1. The molecule has 0 radical (unpaired) electrons. The Bertz CT molecular complexity index is 704. The van der Waals surface area contributed by atoms with E-state index < -0.39 is 24.3 Å². The van der Waals surface area contributed by atoms with E-state index in [1.165, 1.54) is 6.92 Å². The van der Waals surface area contributed by atoms with Crippen LogP contribution in [0, 0.1) is 17.3 Å². The lowest BCUT2D eigenvalue weighted by atomic mass is 10.1. The number of hydrogen-bond acceptors (Lipinski definition) is 4. The van der Waals surface area contributed by atoms with Crippen LogP contribution in [0.4, 0.5) is 0 Å². The SMILES string of the molecule is CC(=O)CC(=O)OC(=O)C1C(C=C(Cl)c2ccc(Cl)cc2)C1(C)C. The van der Waals surface area contributed by atoms with Gasteiger partial charge in [0.2, 0.25) is 0 Å². The maximum absolute atomic E-state index is 12.1. The van der Waals surface area contributed by atoms with Gasteiger partial charge in [-0.3, -0.25) is 14.4 Å². The van der Waals surface area contributed by atoms with Crippen molar-refractivity contribution in [1.82, 2.24) is 0 Å². The third kappa shape index (κ3) is 4.25. The summed E-state index contributed by atoms with van der Waals surface area (Å²) < 4.78 is 4.77. The molecule has 0 N–H and O–H groups in total. The number of halogens is 2. The van der Waals surface area contributed by atoms with Crippen molar-refractivity contribution in [3.05, 3.63) is 40.9 Å². The number of ether oxygens (including phenoxy) is 1. The molecule has 1 saturated carbocycles. The highest BCUT2D eigenvalue weighted by Gasteiger charge is 2.62. The molecule has 0 spiro atoms. The predicted octanol–water partition coefficient (Wildman–Crippen LogP) is 4.24. The average Bonchev–Trinajstić information content (AvgIpc) is 2.99. The third-order valence-electron chi connectivity index (χ3n) is 4.22. The van der Waals surface area contributed by atoms with E-state index in [-0.39, 0.29) is 17.1 Å². The van der Waals surface area contributed by atoms with Crippen LogP contribution in [0.25, 0.3) is 5.03 Å². The van der Waals surface area contributed by atoms with E-state index in [2.05, 4.69) is 0 Å². The van der Waals surface area contributed by atoms with Gasteiger partial charge < -0.3 is 4.74 Å². The number of rotatable bonds is 5. The molecule has 1 fully saturated rings. The smallest absolute Gasteiger partial charge is 0.320 e. The molecule has 1 aromatic rings. The number of hydrogen-bond donors (Lipinski definition) is 0. The molecular formula is C18H18Cl2O4. The van der Waals surface area contributed by atoms with Crippen molar-refractivity contribution in [3.8, 4) is 0 Å². The van der Waals surface area contributed by atoms with E-state index in [4.69, 9.17) is 27.9 Å². The Labute approximate surface area is 150 Å². The first-order chi connectivity index (χ1) is 11.1. The second-order valence-electron chi connectivity index (χ2n) is 6.52. The monoisotopic (exact) mass is 368 g/mol. The molecule has 0 bridgehead atoms. The summed E-state index contributed by atoms with van der Waals surface area (Å²) in [4.78, 5) is 34.5. The van der Waals surface area contributed by atoms with Gasteiger partial charge >= 0.3 is 11.9 Å². The number of esters is 2. The van der Waals surface area contributed by atoms with Crippen molar-refractivity contribution in [3.63, 3.8) is 0 Å². The minimum absolute atomic E-state index is 0.140. The Balaban J connectivity index is 2.07. The van der Waals surface area contributed by atoms with E-state index in [0.717, 1.165) is 5.56 Å². The molecule has 1 aromatic carbocycles. The van der Waals surface area contributed by atoms with E-state index in [1.54, 1.807) is 30.3 Å². The number of Topliss-reactive ketones (excluding diaryl/α,β-unsaturated/α-hetero) is 1. The Kier molecular flexibility index (Phi) is 5.51. The van der Waals surface area contributed by atoms with Crippen LogP contribution in [0.15, 0.2) is 30.3 Å². The van der Waals surface area contributed by atoms with Gasteiger partial charge in [0.05, 0.1) is 5.92 Å². The van der Waals surface area contributed by atoms with Crippen LogP contribution in [0.5, 0.6) is 0 Å². The Morgan fingerprint density at radius 2 is 1.79 bits per heavy atom. The second-order valence-corrected chi connectivity index (χ2v) is 7.36. The topological polar surface area (TPSA) is 60.4 Å². The molecule has 0 aromatic heterocycles. The standard InChI is InChI=1S/C18H18Cl2O4/c1-10(21)8-15(22)24-17(23)16-13(18(16,2)3)9-14(20)11-4-6-12(19)7-5-11/h4-7,9,13,16H,8H2,1-3H3. The summed E-state index contributed by atoms with van der Waals surface area (Å²) >= 11 is 12.2. The molecule has 2 rings (SSSR count). The first-order valence-corrected chi connectivity index (χ1v) is 8.25. The highest BCUT2D eigenvalue weighted by atomic mass is 35.5. The quantitative estimate of drug-likeness (QED) is 0.575. The summed E-state index contributed by atoms with van der Waals surface area (Å²) in [7, 11) is 0. The van der Waals surface area contributed by atoms with Crippen LogP contribution in [0.1, 0.15) is 32.8 Å². The van der Waals surface area contributed by atoms with Gasteiger partial charge in [-0.25, -0.2) is 0 Å². The number of carbonyl (C=O) groups excluding carboxylic acids is 3. The summed E-state index contributed by atoms with van der Waals surface area (Å²) in [5.74, 6) is -2.38. The Morgan fingerprint density at radius 3 is 2.33 bits per heavy atom. The van der Waals surface area contributed by atoms with Crippen LogP contribution in [-0.2, 0) is 19.1 Å². The van der Waals surface area contributed by atoms with Crippen LogP contribution < -0.4 is 0 Å². The van der Waals surface area contributed by atoms with Crippen molar-refractivity contribution >= 4 is 46.0 Å². The molecule has 24 heavy (non-hydrogen) atoms. The van der Waals surface area contributed by atoms with Crippen LogP contribution in [-0.4, -0.2) is 17.7 Å². The van der Waals surface area contributed by atoms with Gasteiger partial charge in [0.1, 0.15) is 12.2 Å². The second kappa shape index (κ2) is 7.08. The average molecular weight is 369 g/mol. The normalized spacial score (nSPS) is 22.0.